The Balaban J connectivity index is 2.02. The molecule has 0 fully saturated rings. The molecule has 0 spiro atoms. The van der Waals surface area contributed by atoms with Crippen molar-refractivity contribution in [1.82, 2.24) is 9.97 Å². The van der Waals surface area contributed by atoms with Gasteiger partial charge in [-0.15, -0.1) is 0 Å². The molecule has 2 N–H and O–H groups in total. The Hall–Kier alpha value is -3.60. The Morgan fingerprint density at radius 3 is 2.18 bits per heavy atom. The average molecular weight is 440 g/mol. The number of para-hydroxylation sites is 1. The van der Waals surface area contributed by atoms with Gasteiger partial charge in [-0.25, -0.2) is 0 Å². The van der Waals surface area contributed by atoms with Crippen molar-refractivity contribution >= 4 is 49.3 Å². The Kier molecular flexibility index (Phi) is 5.41. The molecule has 5 heteroatoms. The van der Waals surface area contributed by atoms with Gasteiger partial charge in [0, 0.05) is 34.9 Å². The van der Waals surface area contributed by atoms with Crippen molar-refractivity contribution in [1.29, 1.82) is 0 Å². The number of aromatic nitrogens is 2. The fourth-order valence-electron chi connectivity index (χ4n) is 4.95. The van der Waals surface area contributed by atoms with Crippen LogP contribution >= 0.6 is 0 Å². The van der Waals surface area contributed by atoms with E-state index >= 15 is 0 Å². The predicted octanol–water partition coefficient (Wildman–Crippen LogP) is 5.86. The molecular weight excluding hydrogens is 410 g/mol. The van der Waals surface area contributed by atoms with E-state index in [0.717, 1.165) is 60.2 Å². The number of aromatic amines is 2. The molecule has 0 unspecified atom stereocenters. The number of fused-ring (bicyclic) bond motifs is 4. The molecule has 0 bridgehead atoms. The van der Waals surface area contributed by atoms with Gasteiger partial charge in [0.1, 0.15) is 0 Å². The van der Waals surface area contributed by atoms with Gasteiger partial charge in [-0.05, 0) is 55.2 Å². The molecule has 33 heavy (non-hydrogen) atoms. The van der Waals surface area contributed by atoms with Crippen LogP contribution in [0.2, 0.25) is 0 Å². The molecule has 2 aromatic heterocycles. The number of hydrogen-bond donors (Lipinski definition) is 2. The summed E-state index contributed by atoms with van der Waals surface area (Å²) in [5.41, 5.74) is 4.98. The lowest BCUT2D eigenvalue weighted by Crippen LogP contribution is -2.27. The maximum absolute atomic E-state index is 13.8. The van der Waals surface area contributed by atoms with Crippen LogP contribution in [0.25, 0.3) is 43.6 Å². The number of H-pyrrole nitrogens is 2. The van der Waals surface area contributed by atoms with Crippen molar-refractivity contribution in [2.75, 3.05) is 18.0 Å². The molecule has 0 saturated heterocycles. The van der Waals surface area contributed by atoms with E-state index in [2.05, 4.69) is 41.7 Å². The van der Waals surface area contributed by atoms with Crippen LogP contribution in [0.15, 0.2) is 58.1 Å². The lowest BCUT2D eigenvalue weighted by Gasteiger charge is -2.27. The van der Waals surface area contributed by atoms with Gasteiger partial charge in [0.25, 0.3) is 0 Å². The Morgan fingerprint density at radius 1 is 0.727 bits per heavy atom. The van der Waals surface area contributed by atoms with Crippen LogP contribution in [0.4, 0.5) is 5.69 Å². The van der Waals surface area contributed by atoms with Crippen molar-refractivity contribution in [3.8, 4) is 0 Å². The smallest absolute Gasteiger partial charge is 0.199 e. The predicted molar refractivity (Wildman–Crippen MR) is 140 cm³/mol. The third kappa shape index (κ3) is 3.39. The minimum Gasteiger partial charge on any atom is -0.369 e. The van der Waals surface area contributed by atoms with E-state index in [0.29, 0.717) is 27.1 Å². The second-order valence-corrected chi connectivity index (χ2v) is 8.74. The first-order chi connectivity index (χ1) is 16.1. The standard InChI is InChI=1S/C28H29N3O2/c1-4-13-31(14-5-2)26-24-23(29-21-10-8-7-9-18(21)28(24)33)16-20-25(26)30-22-12-11-17(6-3)15-19(22)27(20)32/h7-12,15-16H,4-6,13-14H2,1-3H3,(H,29,33)(H,30,32). The Bertz CT molecular complexity index is 1620. The molecule has 5 aromatic rings. The lowest BCUT2D eigenvalue weighted by atomic mass is 10.0. The van der Waals surface area contributed by atoms with Crippen molar-refractivity contribution in [2.45, 2.75) is 40.0 Å². The zero-order valence-corrected chi connectivity index (χ0v) is 19.4. The first-order valence-electron chi connectivity index (χ1n) is 11.9. The van der Waals surface area contributed by atoms with E-state index < -0.39 is 0 Å². The second-order valence-electron chi connectivity index (χ2n) is 8.74. The van der Waals surface area contributed by atoms with Crippen LogP contribution in [-0.2, 0) is 6.42 Å². The number of rotatable bonds is 6. The molecule has 3 aromatic carbocycles. The highest BCUT2D eigenvalue weighted by atomic mass is 16.1. The van der Waals surface area contributed by atoms with E-state index in [9.17, 15) is 9.59 Å². The molecule has 5 rings (SSSR count). The van der Waals surface area contributed by atoms with Crippen LogP contribution in [0.1, 0.15) is 39.2 Å². The van der Waals surface area contributed by atoms with Crippen molar-refractivity contribution < 1.29 is 0 Å². The summed E-state index contributed by atoms with van der Waals surface area (Å²) in [5, 5.41) is 2.60. The molecule has 0 saturated carbocycles. The number of hydrogen-bond acceptors (Lipinski definition) is 3. The molecule has 0 aliphatic rings. The maximum Gasteiger partial charge on any atom is 0.199 e. The number of pyridine rings is 2. The molecule has 2 heterocycles. The van der Waals surface area contributed by atoms with Gasteiger partial charge < -0.3 is 14.9 Å². The zero-order chi connectivity index (χ0) is 23.1. The number of nitrogens with one attached hydrogen (secondary N) is 2. The summed E-state index contributed by atoms with van der Waals surface area (Å²) in [5.74, 6) is 0. The van der Waals surface area contributed by atoms with Crippen LogP contribution in [-0.4, -0.2) is 23.1 Å². The van der Waals surface area contributed by atoms with Crippen molar-refractivity contribution in [3.63, 3.8) is 0 Å². The summed E-state index contributed by atoms with van der Waals surface area (Å²) in [4.78, 5) is 36.7. The van der Waals surface area contributed by atoms with E-state index in [1.54, 1.807) is 0 Å². The largest absolute Gasteiger partial charge is 0.369 e. The van der Waals surface area contributed by atoms with Gasteiger partial charge in [-0.1, -0.05) is 39.0 Å². The topological polar surface area (TPSA) is 69.0 Å². The van der Waals surface area contributed by atoms with Crippen molar-refractivity contribution in [3.05, 3.63) is 74.5 Å². The summed E-state index contributed by atoms with van der Waals surface area (Å²) in [6.07, 6.45) is 2.76. The summed E-state index contributed by atoms with van der Waals surface area (Å²) >= 11 is 0. The normalized spacial score (nSPS) is 11.7. The monoisotopic (exact) mass is 439 g/mol. The highest BCUT2D eigenvalue weighted by Crippen LogP contribution is 2.33. The fraction of sp³-hybridized carbons (Fsp3) is 0.286. The van der Waals surface area contributed by atoms with Gasteiger partial charge in [0.15, 0.2) is 10.9 Å². The molecule has 0 radical (unpaired) electrons. The Morgan fingerprint density at radius 2 is 1.45 bits per heavy atom. The SMILES string of the molecule is CCCN(CCC)c1c2[nH]c3ccc(CC)cc3c(=O)c2cc2[nH]c3ccccc3c(=O)c12. The minimum atomic E-state index is -0.00395. The number of benzene rings is 3. The van der Waals surface area contributed by atoms with E-state index in [-0.39, 0.29) is 10.9 Å². The molecule has 0 amide bonds. The first kappa shape index (κ1) is 21.3. The molecule has 0 aliphatic heterocycles. The maximum atomic E-state index is 13.8. The number of anilines is 1. The average Bonchev–Trinajstić information content (AvgIpc) is 2.83. The zero-order valence-electron chi connectivity index (χ0n) is 19.4. The highest BCUT2D eigenvalue weighted by molar-refractivity contribution is 6.13. The minimum absolute atomic E-state index is 0.000783. The second kappa shape index (κ2) is 8.39. The summed E-state index contributed by atoms with van der Waals surface area (Å²) < 4.78 is 0. The van der Waals surface area contributed by atoms with Crippen LogP contribution < -0.4 is 15.8 Å². The fourth-order valence-corrected chi connectivity index (χ4v) is 4.95. The van der Waals surface area contributed by atoms with Gasteiger partial charge in [0.2, 0.25) is 0 Å². The van der Waals surface area contributed by atoms with Gasteiger partial charge >= 0.3 is 0 Å². The lowest BCUT2D eigenvalue weighted by molar-refractivity contribution is 0.749. The van der Waals surface area contributed by atoms with E-state index in [1.807, 2.05) is 42.5 Å². The molecular formula is C28H29N3O2. The van der Waals surface area contributed by atoms with E-state index in [1.165, 1.54) is 0 Å². The number of nitrogens with zero attached hydrogens (tertiary/aromatic N) is 1. The summed E-state index contributed by atoms with van der Waals surface area (Å²) in [6, 6.07) is 15.5. The summed E-state index contributed by atoms with van der Waals surface area (Å²) in [7, 11) is 0. The number of aryl methyl sites for hydroxylation is 1. The Labute approximate surface area is 192 Å². The third-order valence-electron chi connectivity index (χ3n) is 6.51. The van der Waals surface area contributed by atoms with Crippen LogP contribution in [0, 0.1) is 0 Å². The quantitative estimate of drug-likeness (QED) is 0.325. The van der Waals surface area contributed by atoms with Crippen molar-refractivity contribution in [2.24, 2.45) is 0 Å². The van der Waals surface area contributed by atoms with Crippen LogP contribution in [0.5, 0.6) is 0 Å². The first-order valence-corrected chi connectivity index (χ1v) is 11.9. The van der Waals surface area contributed by atoms with Gasteiger partial charge in [-0.3, -0.25) is 9.59 Å². The van der Waals surface area contributed by atoms with Crippen LogP contribution in [0.3, 0.4) is 0 Å². The van der Waals surface area contributed by atoms with Gasteiger partial charge in [-0.2, -0.15) is 0 Å². The van der Waals surface area contributed by atoms with E-state index in [4.69, 9.17) is 0 Å². The molecule has 0 aliphatic carbocycles. The van der Waals surface area contributed by atoms with Gasteiger partial charge in [0.05, 0.1) is 27.5 Å². The molecule has 5 nitrogen and oxygen atoms in total. The third-order valence-corrected chi connectivity index (χ3v) is 6.51. The summed E-state index contributed by atoms with van der Waals surface area (Å²) in [6.45, 7) is 7.98. The molecule has 0 atom stereocenters. The molecule has 168 valence electrons. The highest BCUT2D eigenvalue weighted by Gasteiger charge is 2.21.